The van der Waals surface area contributed by atoms with Crippen LogP contribution in [-0.2, 0) is 29.2 Å². The molecule has 1 N–H and O–H groups in total. The van der Waals surface area contributed by atoms with Crippen LogP contribution in [0.15, 0.2) is 12.2 Å². The summed E-state index contributed by atoms with van der Waals surface area (Å²) in [5, 5.41) is -5.94. The number of rotatable bonds is 10. The van der Waals surface area contributed by atoms with E-state index in [0.717, 1.165) is 21.0 Å². The van der Waals surface area contributed by atoms with Gasteiger partial charge >= 0.3 is 45.1 Å². The lowest BCUT2D eigenvalue weighted by Crippen LogP contribution is -2.61. The Kier molecular flexibility index (Phi) is 8.47. The van der Waals surface area contributed by atoms with Gasteiger partial charge in [0.2, 0.25) is 0 Å². The second kappa shape index (κ2) is 9.05. The minimum absolute atomic E-state index is 0.306. The van der Waals surface area contributed by atoms with Crippen molar-refractivity contribution in [1.29, 1.82) is 0 Å². The quantitative estimate of drug-likeness (QED) is 0.128. The van der Waals surface area contributed by atoms with Crippen LogP contribution in [0.5, 0.6) is 0 Å². The molecule has 0 saturated carbocycles. The molecule has 0 aromatic carbocycles. The van der Waals surface area contributed by atoms with Gasteiger partial charge < -0.3 is 14.4 Å². The van der Waals surface area contributed by atoms with Crippen molar-refractivity contribution in [3.63, 3.8) is 0 Å². The topological polar surface area (TPSA) is 110 Å². The monoisotopic (exact) mass is 477 g/mol. The molecule has 0 aromatic heterocycles. The summed E-state index contributed by atoms with van der Waals surface area (Å²) in [5.41, 5.74) is -0.585. The average molecular weight is 477 g/mol. The molecule has 16 heteroatoms. The molecule has 0 spiro atoms. The lowest BCUT2D eigenvalue weighted by atomic mass is 10.2. The van der Waals surface area contributed by atoms with Crippen LogP contribution in [0.25, 0.3) is 0 Å². The number of esters is 1. The van der Waals surface area contributed by atoms with Gasteiger partial charge in [-0.05, 0) is 13.3 Å². The van der Waals surface area contributed by atoms with E-state index in [9.17, 15) is 48.7 Å². The fourth-order valence-corrected chi connectivity index (χ4v) is 2.23. The Morgan fingerprint density at radius 3 is 1.87 bits per heavy atom. The highest BCUT2D eigenvalue weighted by Gasteiger charge is 2.67. The smallest absolute Gasteiger partial charge is 0.412 e. The van der Waals surface area contributed by atoms with Gasteiger partial charge in [0.1, 0.15) is 0 Å². The van der Waals surface area contributed by atoms with E-state index < -0.39 is 70.2 Å². The molecule has 0 aliphatic heterocycles. The molecule has 0 rings (SSSR count). The molecule has 0 aromatic rings. The summed E-state index contributed by atoms with van der Waals surface area (Å²) in [6.45, 7) is 2.45. The molecule has 0 aliphatic rings. The zero-order chi connectivity index (χ0) is 24.3. The highest BCUT2D eigenvalue weighted by Crippen LogP contribution is 2.42. The van der Waals surface area contributed by atoms with Crippen molar-refractivity contribution in [3.8, 4) is 0 Å². The number of halogens is 7. The third-order valence-electron chi connectivity index (χ3n) is 3.34. The molecule has 0 fully saturated rings. The summed E-state index contributed by atoms with van der Waals surface area (Å²) in [6, 6.07) is 0. The molecule has 30 heavy (non-hydrogen) atoms. The van der Waals surface area contributed by atoms with E-state index in [0.29, 0.717) is 4.90 Å². The Morgan fingerprint density at radius 2 is 1.53 bits per heavy atom. The molecule has 0 saturated heterocycles. The number of hydrogen-bond acceptors (Lipinski definition) is 6. The van der Waals surface area contributed by atoms with Crippen molar-refractivity contribution in [2.75, 3.05) is 20.7 Å². The number of hydrogen-bond donors (Lipinski definition) is 1. The summed E-state index contributed by atoms with van der Waals surface area (Å²) in [6.07, 6.45) is -9.17. The third kappa shape index (κ3) is 5.81. The van der Waals surface area contributed by atoms with Gasteiger partial charge in [-0.3, -0.25) is 9.35 Å². The maximum Gasteiger partial charge on any atom is 0.466 e. The van der Waals surface area contributed by atoms with E-state index in [2.05, 4.69) is 16.1 Å². The number of alkyl halides is 7. The van der Waals surface area contributed by atoms with E-state index in [-0.39, 0.29) is 0 Å². The van der Waals surface area contributed by atoms with Crippen LogP contribution < -0.4 is 0 Å². The molecule has 1 atom stereocenters. The maximum absolute atomic E-state index is 13.6. The van der Waals surface area contributed by atoms with Gasteiger partial charge in [0.05, 0.1) is 6.61 Å². The molecule has 1 amide bonds. The molecule has 8 nitrogen and oxygen atoms in total. The molecule has 0 radical (unpaired) electrons. The summed E-state index contributed by atoms with van der Waals surface area (Å²) < 4.78 is 131. The zero-order valence-corrected chi connectivity index (χ0v) is 16.5. The van der Waals surface area contributed by atoms with Gasteiger partial charge in [-0.15, -0.1) is 0 Å². The first-order chi connectivity index (χ1) is 13.1. The molecular weight excluding hydrogens is 459 g/mol. The molecule has 0 bridgehead atoms. The Bertz CT molecular complexity index is 780. The van der Waals surface area contributed by atoms with Crippen LogP contribution in [0.3, 0.4) is 0 Å². The Hall–Kier alpha value is -1.94. The molecule has 0 aliphatic carbocycles. The lowest BCUT2D eigenvalue weighted by molar-refractivity contribution is -0.350. The van der Waals surface area contributed by atoms with Crippen molar-refractivity contribution < 1.29 is 62.8 Å². The number of likely N-dealkylation sites (N-methyl/N-ethyl adjacent to an activating group) is 1. The number of nitrogens with zero attached hydrogens (tertiary/aromatic N) is 1. The summed E-state index contributed by atoms with van der Waals surface area (Å²) >= 11 is 0. The van der Waals surface area contributed by atoms with Crippen molar-refractivity contribution >= 4 is 22.0 Å². The van der Waals surface area contributed by atoms with Gasteiger partial charge in [0.15, 0.2) is 0 Å². The highest BCUT2D eigenvalue weighted by atomic mass is 32.2. The highest BCUT2D eigenvalue weighted by molar-refractivity contribution is 7.87. The maximum atomic E-state index is 13.6. The van der Waals surface area contributed by atoms with Crippen molar-refractivity contribution in [2.24, 2.45) is 0 Å². The number of ether oxygens (including phenoxy) is 2. The summed E-state index contributed by atoms with van der Waals surface area (Å²) in [7, 11) is -4.90. The van der Waals surface area contributed by atoms with Crippen LogP contribution >= 0.6 is 0 Å². The second-order valence-electron chi connectivity index (χ2n) is 6.13. The minimum Gasteiger partial charge on any atom is -0.412 e. The third-order valence-corrected chi connectivity index (χ3v) is 4.28. The SMILES string of the molecule is C=C(C)C(=O)OC(OCCCC(F)(F)C(F)(F)S(=O)(=O)O)(C(=O)N(C)C)C(F)(F)F. The second-order valence-corrected chi connectivity index (χ2v) is 7.59. The van der Waals surface area contributed by atoms with Crippen molar-refractivity contribution in [1.82, 2.24) is 4.90 Å². The first-order valence-corrected chi connectivity index (χ1v) is 9.12. The first kappa shape index (κ1) is 28.1. The van der Waals surface area contributed by atoms with Crippen LogP contribution in [0.1, 0.15) is 19.8 Å². The standard InChI is InChI=1S/C14H18F7NO7S/c1-8(2)9(23)29-12(13(17,18)19,10(24)22(3)4)28-7-5-6-11(15,16)14(20,21)30(25,26)27/h1,5-7H2,2-4H3,(H,25,26,27). The fourth-order valence-electron chi connectivity index (χ4n) is 1.75. The number of carbonyl (C=O) groups excluding carboxylic acids is 2. The van der Waals surface area contributed by atoms with E-state index in [1.807, 2.05) is 0 Å². The van der Waals surface area contributed by atoms with E-state index >= 15 is 0 Å². The molecule has 176 valence electrons. The fraction of sp³-hybridized carbons (Fsp3) is 0.714. The largest absolute Gasteiger partial charge is 0.466 e. The molecule has 1 unspecified atom stereocenters. The van der Waals surface area contributed by atoms with E-state index in [4.69, 9.17) is 4.55 Å². The first-order valence-electron chi connectivity index (χ1n) is 7.68. The van der Waals surface area contributed by atoms with E-state index in [1.165, 1.54) is 0 Å². The molecule has 0 heterocycles. The van der Waals surface area contributed by atoms with Crippen molar-refractivity contribution in [3.05, 3.63) is 12.2 Å². The summed E-state index contributed by atoms with van der Waals surface area (Å²) in [4.78, 5) is 23.9. The van der Waals surface area contributed by atoms with Gasteiger partial charge in [-0.1, -0.05) is 6.58 Å². The predicted molar refractivity (Wildman–Crippen MR) is 85.0 cm³/mol. The van der Waals surface area contributed by atoms with Crippen molar-refractivity contribution in [2.45, 2.75) is 42.9 Å². The normalized spacial score (nSPS) is 15.3. The zero-order valence-electron chi connectivity index (χ0n) is 15.7. The van der Waals surface area contributed by atoms with Crippen LogP contribution in [-0.4, -0.2) is 73.6 Å². The lowest BCUT2D eigenvalue weighted by Gasteiger charge is -2.35. The minimum atomic E-state index is -6.54. The Labute approximate surface area is 166 Å². The van der Waals surface area contributed by atoms with Gasteiger partial charge in [-0.2, -0.15) is 39.2 Å². The molecular formula is C14H18F7NO7S. The Balaban J connectivity index is 5.73. The van der Waals surface area contributed by atoms with Gasteiger partial charge in [0, 0.05) is 26.1 Å². The Morgan fingerprint density at radius 1 is 1.07 bits per heavy atom. The van der Waals surface area contributed by atoms with Gasteiger partial charge in [-0.25, -0.2) is 4.79 Å². The van der Waals surface area contributed by atoms with E-state index in [1.54, 1.807) is 0 Å². The number of amides is 1. The van der Waals surface area contributed by atoms with Crippen LogP contribution in [0.2, 0.25) is 0 Å². The number of carbonyl (C=O) groups is 2. The average Bonchev–Trinajstić information content (AvgIpc) is 2.54. The predicted octanol–water partition coefficient (Wildman–Crippen LogP) is 2.37. The van der Waals surface area contributed by atoms with Crippen LogP contribution in [0, 0.1) is 0 Å². The van der Waals surface area contributed by atoms with Gasteiger partial charge in [0.25, 0.3) is 0 Å². The summed E-state index contributed by atoms with van der Waals surface area (Å²) in [5.74, 6) is -13.4. The van der Waals surface area contributed by atoms with Crippen LogP contribution in [0.4, 0.5) is 30.7 Å².